The summed E-state index contributed by atoms with van der Waals surface area (Å²) in [6.45, 7) is 6.77. The Morgan fingerprint density at radius 3 is 2.59 bits per heavy atom. The molecular formula is C14H25NO2. The Bertz CT molecular complexity index is 280. The Kier molecular flexibility index (Phi) is 3.76. The third-order valence-electron chi connectivity index (χ3n) is 3.94. The van der Waals surface area contributed by atoms with Crippen LogP contribution in [0.15, 0.2) is 0 Å². The molecule has 0 spiro atoms. The number of hydrogen-bond donors (Lipinski definition) is 1. The first-order valence-electron chi connectivity index (χ1n) is 6.93. The standard InChI is InChI=1S/C14H25NO2/c1-14(2,3)17-13(16)12-11-7-5-4-6-10(11)8-9-15-12/h10-12,15H,4-9H2,1-3H3. The number of carbonyl (C=O) groups is 1. The molecule has 0 amide bonds. The SMILES string of the molecule is CC(C)(C)OC(=O)C1NCCC2CCCCC21. The molecule has 1 saturated carbocycles. The summed E-state index contributed by atoms with van der Waals surface area (Å²) in [6, 6.07) is -0.0618. The van der Waals surface area contributed by atoms with E-state index in [4.69, 9.17) is 4.74 Å². The maximum atomic E-state index is 12.2. The van der Waals surface area contributed by atoms with E-state index in [1.807, 2.05) is 20.8 Å². The van der Waals surface area contributed by atoms with Crippen molar-refractivity contribution < 1.29 is 9.53 Å². The van der Waals surface area contributed by atoms with Crippen LogP contribution in [0.3, 0.4) is 0 Å². The van der Waals surface area contributed by atoms with Gasteiger partial charge in [-0.2, -0.15) is 0 Å². The van der Waals surface area contributed by atoms with Gasteiger partial charge in [0.15, 0.2) is 0 Å². The summed E-state index contributed by atoms with van der Waals surface area (Å²) in [4.78, 5) is 12.2. The summed E-state index contributed by atoms with van der Waals surface area (Å²) in [5, 5.41) is 3.37. The minimum atomic E-state index is -0.375. The zero-order valence-corrected chi connectivity index (χ0v) is 11.3. The Morgan fingerprint density at radius 1 is 1.18 bits per heavy atom. The van der Waals surface area contributed by atoms with Crippen LogP contribution in [0.25, 0.3) is 0 Å². The zero-order chi connectivity index (χ0) is 12.5. The second kappa shape index (κ2) is 4.97. The number of nitrogens with one attached hydrogen (secondary N) is 1. The van der Waals surface area contributed by atoms with Crippen molar-refractivity contribution in [2.75, 3.05) is 6.54 Å². The predicted molar refractivity (Wildman–Crippen MR) is 67.7 cm³/mol. The number of hydrogen-bond acceptors (Lipinski definition) is 3. The molecule has 0 bridgehead atoms. The minimum Gasteiger partial charge on any atom is -0.459 e. The van der Waals surface area contributed by atoms with Gasteiger partial charge in [-0.15, -0.1) is 0 Å². The topological polar surface area (TPSA) is 38.3 Å². The van der Waals surface area contributed by atoms with Gasteiger partial charge in [-0.3, -0.25) is 4.79 Å². The molecule has 2 fully saturated rings. The lowest BCUT2D eigenvalue weighted by molar-refractivity contribution is -0.161. The minimum absolute atomic E-state index is 0.0471. The number of fused-ring (bicyclic) bond motifs is 1. The van der Waals surface area contributed by atoms with Crippen LogP contribution in [0.2, 0.25) is 0 Å². The van der Waals surface area contributed by atoms with Gasteiger partial charge < -0.3 is 10.1 Å². The lowest BCUT2D eigenvalue weighted by Crippen LogP contribution is -2.53. The summed E-state index contributed by atoms with van der Waals surface area (Å²) < 4.78 is 5.52. The monoisotopic (exact) mass is 239 g/mol. The van der Waals surface area contributed by atoms with Crippen LogP contribution in [0.5, 0.6) is 0 Å². The van der Waals surface area contributed by atoms with Crippen molar-refractivity contribution >= 4 is 5.97 Å². The highest BCUT2D eigenvalue weighted by atomic mass is 16.6. The molecule has 3 nitrogen and oxygen atoms in total. The Morgan fingerprint density at radius 2 is 1.88 bits per heavy atom. The van der Waals surface area contributed by atoms with E-state index in [1.54, 1.807) is 0 Å². The van der Waals surface area contributed by atoms with Gasteiger partial charge in [-0.25, -0.2) is 0 Å². The lowest BCUT2D eigenvalue weighted by atomic mass is 9.71. The largest absolute Gasteiger partial charge is 0.459 e. The number of carbonyl (C=O) groups excluding carboxylic acids is 1. The van der Waals surface area contributed by atoms with Gasteiger partial charge in [0.25, 0.3) is 0 Å². The fraction of sp³-hybridized carbons (Fsp3) is 0.929. The lowest BCUT2D eigenvalue weighted by Gasteiger charge is -2.41. The van der Waals surface area contributed by atoms with Crippen molar-refractivity contribution in [3.05, 3.63) is 0 Å². The first kappa shape index (κ1) is 12.9. The second-order valence-corrected chi connectivity index (χ2v) is 6.46. The van der Waals surface area contributed by atoms with Crippen LogP contribution in [0.1, 0.15) is 52.9 Å². The molecule has 1 saturated heterocycles. The van der Waals surface area contributed by atoms with Crippen LogP contribution >= 0.6 is 0 Å². The predicted octanol–water partition coefficient (Wildman–Crippen LogP) is 2.50. The van der Waals surface area contributed by atoms with E-state index in [0.29, 0.717) is 5.92 Å². The average molecular weight is 239 g/mol. The third-order valence-corrected chi connectivity index (χ3v) is 3.94. The van der Waals surface area contributed by atoms with Crippen molar-refractivity contribution in [1.82, 2.24) is 5.32 Å². The normalized spacial score (nSPS) is 33.9. The molecule has 3 heteroatoms. The molecule has 3 unspecified atom stereocenters. The number of ether oxygens (including phenoxy) is 1. The van der Waals surface area contributed by atoms with Crippen LogP contribution in [0.4, 0.5) is 0 Å². The van der Waals surface area contributed by atoms with Crippen molar-refractivity contribution in [3.8, 4) is 0 Å². The van der Waals surface area contributed by atoms with Crippen molar-refractivity contribution in [3.63, 3.8) is 0 Å². The van der Waals surface area contributed by atoms with E-state index in [9.17, 15) is 4.79 Å². The summed E-state index contributed by atoms with van der Waals surface area (Å²) in [5.74, 6) is 1.20. The van der Waals surface area contributed by atoms with Crippen molar-refractivity contribution in [1.29, 1.82) is 0 Å². The first-order valence-corrected chi connectivity index (χ1v) is 6.93. The fourth-order valence-corrected chi connectivity index (χ4v) is 3.23. The van der Waals surface area contributed by atoms with E-state index in [2.05, 4.69) is 5.32 Å². The highest BCUT2D eigenvalue weighted by Gasteiger charge is 2.40. The van der Waals surface area contributed by atoms with E-state index < -0.39 is 0 Å². The maximum Gasteiger partial charge on any atom is 0.323 e. The number of piperidine rings is 1. The average Bonchev–Trinajstić information content (AvgIpc) is 2.26. The van der Waals surface area contributed by atoms with Gasteiger partial charge in [0.1, 0.15) is 11.6 Å². The highest BCUT2D eigenvalue weighted by Crippen LogP contribution is 2.37. The van der Waals surface area contributed by atoms with Crippen LogP contribution in [0, 0.1) is 11.8 Å². The molecule has 3 atom stereocenters. The molecule has 98 valence electrons. The van der Waals surface area contributed by atoms with E-state index in [1.165, 1.54) is 32.1 Å². The summed E-state index contributed by atoms with van der Waals surface area (Å²) in [5.41, 5.74) is -0.375. The van der Waals surface area contributed by atoms with Crippen LogP contribution < -0.4 is 5.32 Å². The number of rotatable bonds is 1. The summed E-state index contributed by atoms with van der Waals surface area (Å²) >= 11 is 0. The summed E-state index contributed by atoms with van der Waals surface area (Å²) in [6.07, 6.45) is 6.31. The van der Waals surface area contributed by atoms with Gasteiger partial charge >= 0.3 is 5.97 Å². The Labute approximate surface area is 104 Å². The number of esters is 1. The van der Waals surface area contributed by atoms with Crippen molar-refractivity contribution in [2.45, 2.75) is 64.5 Å². The third kappa shape index (κ3) is 3.21. The van der Waals surface area contributed by atoms with Crippen LogP contribution in [-0.2, 0) is 9.53 Å². The smallest absolute Gasteiger partial charge is 0.323 e. The molecule has 0 radical (unpaired) electrons. The van der Waals surface area contributed by atoms with Gasteiger partial charge in [0, 0.05) is 0 Å². The van der Waals surface area contributed by atoms with Gasteiger partial charge in [-0.1, -0.05) is 19.3 Å². The van der Waals surface area contributed by atoms with E-state index >= 15 is 0 Å². The maximum absolute atomic E-state index is 12.2. The fourth-order valence-electron chi connectivity index (χ4n) is 3.23. The molecule has 1 aliphatic carbocycles. The van der Waals surface area contributed by atoms with E-state index in [-0.39, 0.29) is 17.6 Å². The van der Waals surface area contributed by atoms with E-state index in [0.717, 1.165) is 12.5 Å². The first-order chi connectivity index (χ1) is 7.97. The van der Waals surface area contributed by atoms with Gasteiger partial charge in [0.2, 0.25) is 0 Å². The molecule has 1 heterocycles. The molecule has 2 rings (SSSR count). The molecule has 0 aromatic heterocycles. The zero-order valence-electron chi connectivity index (χ0n) is 11.3. The Hall–Kier alpha value is -0.570. The molecular weight excluding hydrogens is 214 g/mol. The van der Waals surface area contributed by atoms with Gasteiger partial charge in [-0.05, 0) is 52.0 Å². The Balaban J connectivity index is 2.01. The highest BCUT2D eigenvalue weighted by molar-refractivity contribution is 5.76. The van der Waals surface area contributed by atoms with Gasteiger partial charge in [0.05, 0.1) is 0 Å². The quantitative estimate of drug-likeness (QED) is 0.714. The van der Waals surface area contributed by atoms with Crippen molar-refractivity contribution in [2.24, 2.45) is 11.8 Å². The summed E-state index contributed by atoms with van der Waals surface area (Å²) in [7, 11) is 0. The molecule has 1 N–H and O–H groups in total. The molecule has 0 aromatic rings. The second-order valence-electron chi connectivity index (χ2n) is 6.46. The van der Waals surface area contributed by atoms with Crippen LogP contribution in [-0.4, -0.2) is 24.2 Å². The molecule has 2 aliphatic rings. The molecule has 1 aliphatic heterocycles. The molecule has 0 aromatic carbocycles. The molecule has 17 heavy (non-hydrogen) atoms.